The Kier molecular flexibility index (Phi) is 16.7. The summed E-state index contributed by atoms with van der Waals surface area (Å²) in [6.07, 6.45) is -0.760. The van der Waals surface area contributed by atoms with Crippen LogP contribution in [0.25, 0.3) is 0 Å². The zero-order valence-corrected chi connectivity index (χ0v) is 32.5. The third kappa shape index (κ3) is 14.2. The van der Waals surface area contributed by atoms with E-state index in [0.29, 0.717) is 18.4 Å². The van der Waals surface area contributed by atoms with E-state index in [0.717, 1.165) is 0 Å². The number of amides is 5. The number of rotatable bonds is 17. The number of hydrogen-bond acceptors (Lipinski definition) is 9. The number of benzene rings is 1. The van der Waals surface area contributed by atoms with E-state index >= 15 is 0 Å². The van der Waals surface area contributed by atoms with Crippen LogP contribution in [0.15, 0.2) is 30.3 Å². The molecule has 0 radical (unpaired) electrons. The molecule has 5 amide bonds. The molecule has 0 spiro atoms. The van der Waals surface area contributed by atoms with Crippen molar-refractivity contribution >= 4 is 35.5 Å². The van der Waals surface area contributed by atoms with Crippen LogP contribution in [-0.2, 0) is 33.4 Å². The van der Waals surface area contributed by atoms with Crippen molar-refractivity contribution in [3.8, 4) is 0 Å². The number of carbonyl (C=O) groups is 6. The molecule has 1 aliphatic rings. The molecule has 292 valence electrons. The third-order valence-electron chi connectivity index (χ3n) is 8.36. The lowest BCUT2D eigenvalue weighted by atomic mass is 9.85. The van der Waals surface area contributed by atoms with E-state index in [2.05, 4.69) is 21.3 Å². The van der Waals surface area contributed by atoms with E-state index < -0.39 is 89.4 Å². The molecular formula is C38H61N5O9. The number of aliphatic hydroxyl groups excluding tert-OH is 1. The molecule has 0 aliphatic carbocycles. The first kappa shape index (κ1) is 44.1. The van der Waals surface area contributed by atoms with Gasteiger partial charge in [-0.15, -0.1) is 0 Å². The molecule has 0 bridgehead atoms. The van der Waals surface area contributed by atoms with Gasteiger partial charge in [0.25, 0.3) is 5.91 Å². The zero-order chi connectivity index (χ0) is 39.4. The molecule has 2 rings (SSSR count). The smallest absolute Gasteiger partial charge is 0.407 e. The van der Waals surface area contributed by atoms with Crippen molar-refractivity contribution in [2.75, 3.05) is 19.7 Å². The number of likely N-dealkylation sites (tertiary alicyclic amines) is 1. The van der Waals surface area contributed by atoms with Crippen molar-refractivity contribution in [1.82, 2.24) is 26.2 Å². The van der Waals surface area contributed by atoms with Gasteiger partial charge in [-0.25, -0.2) is 4.79 Å². The van der Waals surface area contributed by atoms with Gasteiger partial charge in [0.1, 0.15) is 12.1 Å². The molecule has 1 fully saturated rings. The zero-order valence-electron chi connectivity index (χ0n) is 32.5. The minimum Gasteiger partial charge on any atom is -0.449 e. The summed E-state index contributed by atoms with van der Waals surface area (Å²) in [4.78, 5) is 81.5. The van der Waals surface area contributed by atoms with E-state index in [9.17, 15) is 33.9 Å². The molecule has 0 aromatic heterocycles. The number of alkyl carbamates (subject to hydrolysis) is 1. The van der Waals surface area contributed by atoms with Crippen LogP contribution < -0.4 is 21.3 Å². The summed E-state index contributed by atoms with van der Waals surface area (Å²) in [5, 5.41) is 20.6. The maximum absolute atomic E-state index is 14.2. The van der Waals surface area contributed by atoms with Crippen LogP contribution >= 0.6 is 0 Å². The highest BCUT2D eigenvalue weighted by molar-refractivity contribution is 6.38. The first-order valence-electron chi connectivity index (χ1n) is 18.2. The minimum atomic E-state index is -1.23. The standard InChI is InChI=1S/C38H61N5O9/c1-11-12-18-27(31(46)34(48)39-20-29(45)41-30(24(4)44)25-16-14-13-15-17-25)40-33(47)28-19-26(52-38(8,9)10)21-43(28)35(49)32(37(5,6)7)42-36(50)51-22-23(2)3/h13-17,23-24,26-28,30,32,44H,11-12,18-22H2,1-10H3,(H,39,48)(H,40,47)(H,41,45)(H,42,50). The van der Waals surface area contributed by atoms with Crippen molar-refractivity contribution < 1.29 is 43.3 Å². The molecule has 5 N–H and O–H groups in total. The van der Waals surface area contributed by atoms with Crippen LogP contribution in [0.5, 0.6) is 0 Å². The Bertz CT molecular complexity index is 1370. The van der Waals surface area contributed by atoms with Crippen molar-refractivity contribution in [2.45, 2.75) is 137 Å². The highest BCUT2D eigenvalue weighted by atomic mass is 16.5. The van der Waals surface area contributed by atoms with Crippen molar-refractivity contribution in [3.63, 3.8) is 0 Å². The summed E-state index contributed by atoms with van der Waals surface area (Å²) in [5.74, 6) is -3.70. The van der Waals surface area contributed by atoms with E-state index in [1.165, 1.54) is 11.8 Å². The van der Waals surface area contributed by atoms with Crippen molar-refractivity contribution in [1.29, 1.82) is 0 Å². The molecule has 1 heterocycles. The van der Waals surface area contributed by atoms with Crippen LogP contribution in [0, 0.1) is 11.3 Å². The van der Waals surface area contributed by atoms with Gasteiger partial charge in [0, 0.05) is 13.0 Å². The van der Waals surface area contributed by atoms with Gasteiger partial charge in [-0.2, -0.15) is 0 Å². The number of ether oxygens (including phenoxy) is 2. The van der Waals surface area contributed by atoms with E-state index in [1.54, 1.807) is 51.1 Å². The Morgan fingerprint density at radius 1 is 0.942 bits per heavy atom. The van der Waals surface area contributed by atoms with Gasteiger partial charge in [0.05, 0.1) is 43.0 Å². The fourth-order valence-electron chi connectivity index (χ4n) is 5.81. The van der Waals surface area contributed by atoms with E-state index in [1.807, 2.05) is 41.5 Å². The molecule has 0 saturated carbocycles. The number of carbonyl (C=O) groups excluding carboxylic acids is 6. The largest absolute Gasteiger partial charge is 0.449 e. The Hall–Kier alpha value is -4.04. The average molecular weight is 732 g/mol. The maximum Gasteiger partial charge on any atom is 0.407 e. The number of nitrogens with zero attached hydrogens (tertiary/aromatic N) is 1. The molecule has 52 heavy (non-hydrogen) atoms. The van der Waals surface area contributed by atoms with Crippen LogP contribution in [0.4, 0.5) is 4.79 Å². The fraction of sp³-hybridized carbons (Fsp3) is 0.684. The van der Waals surface area contributed by atoms with Gasteiger partial charge in [-0.3, -0.25) is 24.0 Å². The first-order chi connectivity index (χ1) is 24.1. The van der Waals surface area contributed by atoms with Gasteiger partial charge >= 0.3 is 6.09 Å². The van der Waals surface area contributed by atoms with Gasteiger partial charge in [0.2, 0.25) is 23.5 Å². The quantitative estimate of drug-likeness (QED) is 0.150. The topological polar surface area (TPSA) is 192 Å². The second kappa shape index (κ2) is 19.7. The number of hydrogen-bond donors (Lipinski definition) is 5. The van der Waals surface area contributed by atoms with Crippen LogP contribution in [0.1, 0.15) is 107 Å². The molecule has 1 aliphatic heterocycles. The summed E-state index contributed by atoms with van der Waals surface area (Å²) in [6.45, 7) is 17.8. The maximum atomic E-state index is 14.2. The lowest BCUT2D eigenvalue weighted by molar-refractivity contribution is -0.144. The molecule has 14 nitrogen and oxygen atoms in total. The molecule has 1 aromatic carbocycles. The molecule has 6 atom stereocenters. The monoisotopic (exact) mass is 731 g/mol. The molecule has 6 unspecified atom stereocenters. The highest BCUT2D eigenvalue weighted by Gasteiger charge is 2.47. The SMILES string of the molecule is CCCCC(NC(=O)C1CC(OC(C)(C)C)CN1C(=O)C(NC(=O)OCC(C)C)C(C)(C)C)C(=O)C(=O)NCC(=O)NC(c1ccccc1)C(C)O. The minimum absolute atomic E-state index is 0.0586. The van der Waals surface area contributed by atoms with Gasteiger partial charge in [0.15, 0.2) is 0 Å². The molecular weight excluding hydrogens is 670 g/mol. The van der Waals surface area contributed by atoms with Crippen molar-refractivity contribution in [3.05, 3.63) is 35.9 Å². The van der Waals surface area contributed by atoms with E-state index in [4.69, 9.17) is 9.47 Å². The van der Waals surface area contributed by atoms with Crippen LogP contribution in [-0.4, -0.2) is 101 Å². The average Bonchev–Trinajstić information content (AvgIpc) is 3.47. The Balaban J connectivity index is 2.25. The van der Waals surface area contributed by atoms with Crippen LogP contribution in [0.2, 0.25) is 0 Å². The summed E-state index contributed by atoms with van der Waals surface area (Å²) in [5.41, 5.74) is -0.688. The predicted octanol–water partition coefficient (Wildman–Crippen LogP) is 3.17. The van der Waals surface area contributed by atoms with Gasteiger partial charge in [-0.05, 0) is 51.0 Å². The third-order valence-corrected chi connectivity index (χ3v) is 8.36. The van der Waals surface area contributed by atoms with Gasteiger partial charge in [-0.1, -0.05) is 84.7 Å². The lowest BCUT2D eigenvalue weighted by Crippen LogP contribution is -2.59. The second-order valence-electron chi connectivity index (χ2n) is 16.0. The number of ketones is 1. The Morgan fingerprint density at radius 3 is 2.12 bits per heavy atom. The van der Waals surface area contributed by atoms with E-state index in [-0.39, 0.29) is 31.9 Å². The lowest BCUT2D eigenvalue weighted by Gasteiger charge is -2.35. The van der Waals surface area contributed by atoms with Crippen LogP contribution in [0.3, 0.4) is 0 Å². The second-order valence-corrected chi connectivity index (χ2v) is 16.0. The number of unbranched alkanes of at least 4 members (excludes halogenated alkanes) is 1. The predicted molar refractivity (Wildman–Crippen MR) is 196 cm³/mol. The van der Waals surface area contributed by atoms with Crippen molar-refractivity contribution in [2.24, 2.45) is 11.3 Å². The number of aliphatic hydroxyl groups is 1. The summed E-state index contributed by atoms with van der Waals surface area (Å²) < 4.78 is 11.5. The summed E-state index contributed by atoms with van der Waals surface area (Å²) in [7, 11) is 0. The first-order valence-corrected chi connectivity index (χ1v) is 18.2. The number of Topliss-reactive ketones (excluding diaryl/α,β-unsaturated/α-hetero) is 1. The summed E-state index contributed by atoms with van der Waals surface area (Å²) >= 11 is 0. The highest BCUT2D eigenvalue weighted by Crippen LogP contribution is 2.29. The summed E-state index contributed by atoms with van der Waals surface area (Å²) in [6, 6.07) is 4.75. The molecule has 14 heteroatoms. The fourth-order valence-corrected chi connectivity index (χ4v) is 5.81. The van der Waals surface area contributed by atoms with Gasteiger partial charge < -0.3 is 40.7 Å². The molecule has 1 saturated heterocycles. The number of nitrogens with one attached hydrogen (secondary N) is 4. The molecule has 1 aromatic rings. The normalized spacial score (nSPS) is 18.5. The Labute approximate surface area is 308 Å². The Morgan fingerprint density at radius 2 is 1.58 bits per heavy atom.